The molecule has 0 aliphatic heterocycles. The van der Waals surface area contributed by atoms with Crippen molar-refractivity contribution < 1.29 is 14.8 Å². The summed E-state index contributed by atoms with van der Waals surface area (Å²) in [4.78, 5) is 26.3. The first kappa shape index (κ1) is 17.3. The Balaban J connectivity index is 1.84. The maximum atomic E-state index is 12.1. The van der Waals surface area contributed by atoms with Crippen molar-refractivity contribution in [2.24, 2.45) is 5.10 Å². The Morgan fingerprint density at radius 3 is 2.88 bits per heavy atom. The predicted octanol–water partition coefficient (Wildman–Crippen LogP) is 3.27. The van der Waals surface area contributed by atoms with Crippen molar-refractivity contribution in [3.05, 3.63) is 74.9 Å². The molecule has 2 aromatic carbocycles. The molecule has 1 heterocycles. The van der Waals surface area contributed by atoms with E-state index in [9.17, 15) is 20.0 Å². The van der Waals surface area contributed by atoms with Gasteiger partial charge in [0.1, 0.15) is 5.52 Å². The molecule has 1 aromatic heterocycles. The van der Waals surface area contributed by atoms with Gasteiger partial charge in [-0.2, -0.15) is 5.10 Å². The first-order valence-electron chi connectivity index (χ1n) is 7.31. The van der Waals surface area contributed by atoms with Crippen LogP contribution in [0.25, 0.3) is 10.9 Å². The first-order chi connectivity index (χ1) is 12.5. The number of fused-ring (bicyclic) bond motifs is 1. The standard InChI is InChI=1S/C17H11ClN4O4/c18-14-8-11(13-5-2-6-19-15(13)16(14)23)9-20-21-17(24)10-3-1-4-12(7-10)22(25)26/h1-9,23H,(H,21,24)/b20-9-. The molecule has 0 bridgehead atoms. The molecule has 8 nitrogen and oxygen atoms in total. The molecule has 0 fully saturated rings. The van der Waals surface area contributed by atoms with Crippen molar-refractivity contribution in [2.75, 3.05) is 0 Å². The fraction of sp³-hybridized carbons (Fsp3) is 0. The minimum atomic E-state index is -0.600. The van der Waals surface area contributed by atoms with Crippen LogP contribution >= 0.6 is 11.6 Å². The quantitative estimate of drug-likeness (QED) is 0.415. The lowest BCUT2D eigenvalue weighted by atomic mass is 10.1. The number of aromatic hydroxyl groups is 1. The van der Waals surface area contributed by atoms with E-state index in [2.05, 4.69) is 15.5 Å². The number of hydrogen-bond donors (Lipinski definition) is 2. The van der Waals surface area contributed by atoms with Gasteiger partial charge in [-0.25, -0.2) is 5.43 Å². The number of carbonyl (C=O) groups excluding carboxylic acids is 1. The third kappa shape index (κ3) is 3.45. The monoisotopic (exact) mass is 370 g/mol. The molecule has 0 aliphatic rings. The highest BCUT2D eigenvalue weighted by Crippen LogP contribution is 2.32. The maximum Gasteiger partial charge on any atom is 0.271 e. The summed E-state index contributed by atoms with van der Waals surface area (Å²) in [5.41, 5.74) is 3.06. The topological polar surface area (TPSA) is 118 Å². The minimum Gasteiger partial charge on any atom is -0.504 e. The maximum absolute atomic E-state index is 12.1. The summed E-state index contributed by atoms with van der Waals surface area (Å²) in [5, 5.41) is 25.3. The van der Waals surface area contributed by atoms with Gasteiger partial charge >= 0.3 is 0 Å². The largest absolute Gasteiger partial charge is 0.504 e. The summed E-state index contributed by atoms with van der Waals surface area (Å²) < 4.78 is 0. The number of benzene rings is 2. The van der Waals surface area contributed by atoms with Crippen LogP contribution in [0.3, 0.4) is 0 Å². The Kier molecular flexibility index (Phi) is 4.76. The van der Waals surface area contributed by atoms with E-state index in [0.29, 0.717) is 16.5 Å². The number of nitro benzene ring substituents is 1. The molecular weight excluding hydrogens is 360 g/mol. The second-order valence-corrected chi connectivity index (χ2v) is 5.61. The normalized spacial score (nSPS) is 11.0. The van der Waals surface area contributed by atoms with Crippen LogP contribution in [0.5, 0.6) is 5.75 Å². The van der Waals surface area contributed by atoms with Crippen LogP contribution in [0.4, 0.5) is 5.69 Å². The number of hydrazone groups is 1. The zero-order valence-electron chi connectivity index (χ0n) is 13.1. The van der Waals surface area contributed by atoms with Gasteiger partial charge in [-0.3, -0.25) is 19.9 Å². The summed E-state index contributed by atoms with van der Waals surface area (Å²) in [7, 11) is 0. The van der Waals surface area contributed by atoms with Gasteiger partial charge < -0.3 is 5.11 Å². The third-order valence-corrected chi connectivity index (χ3v) is 3.83. The van der Waals surface area contributed by atoms with E-state index < -0.39 is 10.8 Å². The first-order valence-corrected chi connectivity index (χ1v) is 7.69. The van der Waals surface area contributed by atoms with Crippen molar-refractivity contribution >= 4 is 40.3 Å². The molecule has 0 unspecified atom stereocenters. The molecule has 0 atom stereocenters. The van der Waals surface area contributed by atoms with Gasteiger partial charge in [0.15, 0.2) is 5.75 Å². The number of hydrogen-bond acceptors (Lipinski definition) is 6. The molecule has 0 saturated heterocycles. The number of nitrogens with zero attached hydrogens (tertiary/aromatic N) is 3. The second-order valence-electron chi connectivity index (χ2n) is 5.20. The lowest BCUT2D eigenvalue weighted by molar-refractivity contribution is -0.384. The SMILES string of the molecule is O=C(N/N=C\c1cc(Cl)c(O)c2ncccc12)c1cccc([N+](=O)[O-])c1. The number of pyridine rings is 1. The summed E-state index contributed by atoms with van der Waals surface area (Å²) in [6, 6.07) is 10.2. The van der Waals surface area contributed by atoms with Crippen molar-refractivity contribution in [3.8, 4) is 5.75 Å². The van der Waals surface area contributed by atoms with E-state index in [-0.39, 0.29) is 22.0 Å². The van der Waals surface area contributed by atoms with Crippen LogP contribution < -0.4 is 5.43 Å². The summed E-state index contributed by atoms with van der Waals surface area (Å²) in [6.45, 7) is 0. The van der Waals surface area contributed by atoms with Gasteiger partial charge in [-0.15, -0.1) is 0 Å². The molecule has 0 spiro atoms. The fourth-order valence-electron chi connectivity index (χ4n) is 2.32. The average Bonchev–Trinajstić information content (AvgIpc) is 2.65. The highest BCUT2D eigenvalue weighted by molar-refractivity contribution is 6.33. The van der Waals surface area contributed by atoms with E-state index in [1.54, 1.807) is 12.1 Å². The van der Waals surface area contributed by atoms with Crippen molar-refractivity contribution in [3.63, 3.8) is 0 Å². The molecule has 3 rings (SSSR count). The molecule has 26 heavy (non-hydrogen) atoms. The lowest BCUT2D eigenvalue weighted by Gasteiger charge is -2.05. The van der Waals surface area contributed by atoms with Crippen LogP contribution in [0.2, 0.25) is 5.02 Å². The second kappa shape index (κ2) is 7.16. The molecule has 0 aliphatic carbocycles. The number of phenols is 1. The molecule has 0 radical (unpaired) electrons. The van der Waals surface area contributed by atoms with Gasteiger partial charge in [-0.1, -0.05) is 23.7 Å². The van der Waals surface area contributed by atoms with Crippen molar-refractivity contribution in [1.82, 2.24) is 10.4 Å². The van der Waals surface area contributed by atoms with E-state index in [1.807, 2.05) is 0 Å². The number of nitro groups is 1. The van der Waals surface area contributed by atoms with Crippen LogP contribution in [-0.4, -0.2) is 27.1 Å². The van der Waals surface area contributed by atoms with E-state index in [4.69, 9.17) is 11.6 Å². The summed E-state index contributed by atoms with van der Waals surface area (Å²) >= 11 is 5.97. The molecule has 2 N–H and O–H groups in total. The zero-order chi connectivity index (χ0) is 18.7. The van der Waals surface area contributed by atoms with Crippen LogP contribution in [0, 0.1) is 10.1 Å². The Morgan fingerprint density at radius 1 is 1.31 bits per heavy atom. The number of aromatic nitrogens is 1. The zero-order valence-corrected chi connectivity index (χ0v) is 13.8. The number of rotatable bonds is 4. The minimum absolute atomic E-state index is 0.0997. The summed E-state index contributed by atoms with van der Waals surface area (Å²) in [5.74, 6) is -0.739. The number of nitrogens with one attached hydrogen (secondary N) is 1. The molecule has 9 heteroatoms. The van der Waals surface area contributed by atoms with E-state index in [0.717, 1.165) is 6.07 Å². The van der Waals surface area contributed by atoms with E-state index >= 15 is 0 Å². The molecule has 0 saturated carbocycles. The fourth-order valence-corrected chi connectivity index (χ4v) is 2.52. The number of halogens is 1. The predicted molar refractivity (Wildman–Crippen MR) is 96.6 cm³/mol. The van der Waals surface area contributed by atoms with Gasteiger partial charge in [0.25, 0.3) is 11.6 Å². The van der Waals surface area contributed by atoms with Crippen LogP contribution in [0.15, 0.2) is 53.8 Å². The van der Waals surface area contributed by atoms with Crippen molar-refractivity contribution in [2.45, 2.75) is 0 Å². The Morgan fingerprint density at radius 2 is 2.12 bits per heavy atom. The molecule has 130 valence electrons. The Hall–Kier alpha value is -3.52. The highest BCUT2D eigenvalue weighted by Gasteiger charge is 2.12. The van der Waals surface area contributed by atoms with Gasteiger partial charge in [0, 0.05) is 34.8 Å². The highest BCUT2D eigenvalue weighted by atomic mass is 35.5. The van der Waals surface area contributed by atoms with Crippen LogP contribution in [-0.2, 0) is 0 Å². The van der Waals surface area contributed by atoms with Gasteiger partial charge in [-0.05, 0) is 18.2 Å². The average molecular weight is 371 g/mol. The summed E-state index contributed by atoms with van der Waals surface area (Å²) in [6.07, 6.45) is 2.87. The Bertz CT molecular complexity index is 1050. The number of phenolic OH excluding ortho intramolecular Hbond substituents is 1. The number of amides is 1. The molecular formula is C17H11ClN4O4. The van der Waals surface area contributed by atoms with Crippen LogP contribution in [0.1, 0.15) is 15.9 Å². The van der Waals surface area contributed by atoms with Gasteiger partial charge in [0.05, 0.1) is 16.2 Å². The van der Waals surface area contributed by atoms with Gasteiger partial charge in [0.2, 0.25) is 0 Å². The Labute approximate surface area is 151 Å². The lowest BCUT2D eigenvalue weighted by Crippen LogP contribution is -2.17. The third-order valence-electron chi connectivity index (χ3n) is 3.54. The van der Waals surface area contributed by atoms with E-state index in [1.165, 1.54) is 36.7 Å². The van der Waals surface area contributed by atoms with Crippen molar-refractivity contribution in [1.29, 1.82) is 0 Å². The smallest absolute Gasteiger partial charge is 0.271 e. The number of non-ortho nitro benzene ring substituents is 1. The molecule has 3 aromatic rings. The number of carbonyl (C=O) groups is 1. The molecule has 1 amide bonds.